The molecule has 0 heterocycles. The van der Waals surface area contributed by atoms with E-state index in [4.69, 9.17) is 0 Å². The Bertz CT molecular complexity index is 1380. The van der Waals surface area contributed by atoms with Crippen LogP contribution in [0.15, 0.2) is 54.6 Å². The standard InChI is InChI=1S/C36H49N3O4S/c1-3-33(35(41)37-31-12-8-5-9-13-31)38(24-26-10-6-4-7-11-26)34(40)25-39(44(2,42)43)32-16-14-30(15-17-32)36-21-27-18-28(22-36)20-29(19-27)23-36/h4,6-7,10-11,14-17,27-29,31,33H,3,5,8-9,12-13,18-25H2,1-2H3,(H,37,41). The smallest absolute Gasteiger partial charge is 0.244 e. The van der Waals surface area contributed by atoms with Crippen molar-refractivity contribution in [3.63, 3.8) is 0 Å². The second-order valence-electron chi connectivity index (χ2n) is 14.3. The van der Waals surface area contributed by atoms with Crippen molar-refractivity contribution < 1.29 is 18.0 Å². The molecular weight excluding hydrogens is 570 g/mol. The summed E-state index contributed by atoms with van der Waals surface area (Å²) >= 11 is 0. The molecule has 7 rings (SSSR count). The molecule has 1 N–H and O–H groups in total. The molecule has 0 aromatic heterocycles. The van der Waals surface area contributed by atoms with Crippen LogP contribution in [0.5, 0.6) is 0 Å². The minimum absolute atomic E-state index is 0.124. The van der Waals surface area contributed by atoms with Crippen LogP contribution in [-0.4, -0.2) is 50.0 Å². The van der Waals surface area contributed by atoms with Gasteiger partial charge in [0.05, 0.1) is 11.9 Å². The summed E-state index contributed by atoms with van der Waals surface area (Å²) in [6, 6.07) is 17.0. The van der Waals surface area contributed by atoms with Crippen molar-refractivity contribution in [2.45, 2.75) is 108 Å². The number of carbonyl (C=O) groups is 2. The van der Waals surface area contributed by atoms with Crippen LogP contribution in [0.3, 0.4) is 0 Å². The average Bonchev–Trinajstić information content (AvgIpc) is 2.99. The van der Waals surface area contributed by atoms with E-state index in [1.165, 1.54) is 54.8 Å². The number of rotatable bonds is 11. The Kier molecular flexibility index (Phi) is 9.10. The molecule has 1 unspecified atom stereocenters. The number of carbonyl (C=O) groups excluding carboxylic acids is 2. The fourth-order valence-corrected chi connectivity index (χ4v) is 10.2. The van der Waals surface area contributed by atoms with E-state index in [1.807, 2.05) is 49.4 Å². The van der Waals surface area contributed by atoms with Crippen molar-refractivity contribution in [3.05, 3.63) is 65.7 Å². The SMILES string of the molecule is CCC(C(=O)NC1CCCCC1)N(Cc1ccccc1)C(=O)CN(c1ccc(C23CC4CC(CC(C4)C2)C3)cc1)S(C)(=O)=O. The van der Waals surface area contributed by atoms with E-state index in [2.05, 4.69) is 17.4 Å². The van der Waals surface area contributed by atoms with Gasteiger partial charge in [0.1, 0.15) is 12.6 Å². The van der Waals surface area contributed by atoms with Crippen LogP contribution in [0.1, 0.15) is 95.1 Å². The average molecular weight is 620 g/mol. The van der Waals surface area contributed by atoms with E-state index >= 15 is 0 Å². The topological polar surface area (TPSA) is 86.8 Å². The number of nitrogens with zero attached hydrogens (tertiary/aromatic N) is 2. The van der Waals surface area contributed by atoms with E-state index in [-0.39, 0.29) is 36.4 Å². The molecule has 1 atom stereocenters. The van der Waals surface area contributed by atoms with Crippen molar-refractivity contribution in [1.29, 1.82) is 0 Å². The van der Waals surface area contributed by atoms with Crippen molar-refractivity contribution in [2.24, 2.45) is 17.8 Å². The first-order valence-corrected chi connectivity index (χ1v) is 18.7. The monoisotopic (exact) mass is 619 g/mol. The van der Waals surface area contributed by atoms with Crippen LogP contribution in [0.4, 0.5) is 5.69 Å². The number of hydrogen-bond acceptors (Lipinski definition) is 4. The maximum Gasteiger partial charge on any atom is 0.244 e. The molecule has 0 radical (unpaired) electrons. The molecule has 44 heavy (non-hydrogen) atoms. The van der Waals surface area contributed by atoms with E-state index in [9.17, 15) is 18.0 Å². The van der Waals surface area contributed by atoms with Gasteiger partial charge in [0, 0.05) is 12.6 Å². The molecule has 4 bridgehead atoms. The number of anilines is 1. The van der Waals surface area contributed by atoms with Crippen molar-refractivity contribution in [2.75, 3.05) is 17.1 Å². The Morgan fingerprint density at radius 2 is 1.48 bits per heavy atom. The first-order chi connectivity index (χ1) is 21.1. The maximum atomic E-state index is 14.1. The Morgan fingerprint density at radius 1 is 0.886 bits per heavy atom. The normalized spacial score (nSPS) is 27.1. The number of sulfonamides is 1. The number of hydrogen-bond donors (Lipinski definition) is 1. The number of benzene rings is 2. The fourth-order valence-electron chi connectivity index (χ4n) is 9.30. The zero-order chi connectivity index (χ0) is 30.9. The Balaban J connectivity index is 1.23. The van der Waals surface area contributed by atoms with Crippen molar-refractivity contribution >= 4 is 27.5 Å². The highest BCUT2D eigenvalue weighted by Gasteiger charge is 2.51. The molecule has 5 aliphatic rings. The summed E-state index contributed by atoms with van der Waals surface area (Å²) in [6.45, 7) is 1.79. The minimum Gasteiger partial charge on any atom is -0.352 e. The molecule has 2 aromatic carbocycles. The van der Waals surface area contributed by atoms with Gasteiger partial charge in [-0.25, -0.2) is 8.42 Å². The summed E-state index contributed by atoms with van der Waals surface area (Å²) < 4.78 is 27.5. The lowest BCUT2D eigenvalue weighted by Crippen LogP contribution is -2.54. The summed E-state index contributed by atoms with van der Waals surface area (Å²) in [6.07, 6.45) is 14.7. The quantitative estimate of drug-likeness (QED) is 0.326. The molecule has 0 saturated heterocycles. The molecular formula is C36H49N3O4S. The molecule has 7 nitrogen and oxygen atoms in total. The number of nitrogens with one attached hydrogen (secondary N) is 1. The van der Waals surface area contributed by atoms with Crippen LogP contribution in [-0.2, 0) is 31.6 Å². The van der Waals surface area contributed by atoms with Gasteiger partial charge in [-0.05, 0) is 104 Å². The van der Waals surface area contributed by atoms with Gasteiger partial charge in [-0.15, -0.1) is 0 Å². The van der Waals surface area contributed by atoms with Gasteiger partial charge in [0.25, 0.3) is 0 Å². The summed E-state index contributed by atoms with van der Waals surface area (Å²) in [7, 11) is -3.77. The molecule has 2 aromatic rings. The highest BCUT2D eigenvalue weighted by Crippen LogP contribution is 2.60. The lowest BCUT2D eigenvalue weighted by atomic mass is 9.48. The van der Waals surface area contributed by atoms with Crippen LogP contribution < -0.4 is 9.62 Å². The second kappa shape index (κ2) is 12.9. The first kappa shape index (κ1) is 31.1. The van der Waals surface area contributed by atoms with Crippen LogP contribution in [0.25, 0.3) is 0 Å². The van der Waals surface area contributed by atoms with Gasteiger partial charge in [-0.3, -0.25) is 13.9 Å². The molecule has 8 heteroatoms. The van der Waals surface area contributed by atoms with E-state index < -0.39 is 16.1 Å². The summed E-state index contributed by atoms with van der Waals surface area (Å²) in [4.78, 5) is 29.3. The van der Waals surface area contributed by atoms with Gasteiger partial charge in [0.15, 0.2) is 0 Å². The van der Waals surface area contributed by atoms with Gasteiger partial charge >= 0.3 is 0 Å². The maximum absolute atomic E-state index is 14.1. The predicted octanol–water partition coefficient (Wildman–Crippen LogP) is 6.18. The fraction of sp³-hybridized carbons (Fsp3) is 0.611. The highest BCUT2D eigenvalue weighted by atomic mass is 32.2. The first-order valence-electron chi connectivity index (χ1n) is 16.9. The van der Waals surface area contributed by atoms with E-state index in [0.29, 0.717) is 12.1 Å². The molecule has 0 aliphatic heterocycles. The summed E-state index contributed by atoms with van der Waals surface area (Å²) in [5.74, 6) is 1.93. The molecule has 0 spiro atoms. The third kappa shape index (κ3) is 6.70. The Morgan fingerprint density at radius 3 is 2.02 bits per heavy atom. The Labute approximate surface area is 263 Å². The molecule has 5 fully saturated rings. The van der Waals surface area contributed by atoms with E-state index in [1.54, 1.807) is 4.90 Å². The third-order valence-corrected chi connectivity index (χ3v) is 12.2. The van der Waals surface area contributed by atoms with Gasteiger partial charge in [-0.2, -0.15) is 0 Å². The molecule has 2 amide bonds. The third-order valence-electron chi connectivity index (χ3n) is 11.0. The van der Waals surface area contributed by atoms with Crippen LogP contribution >= 0.6 is 0 Å². The predicted molar refractivity (Wildman–Crippen MR) is 175 cm³/mol. The highest BCUT2D eigenvalue weighted by molar-refractivity contribution is 7.92. The van der Waals surface area contributed by atoms with Crippen molar-refractivity contribution in [1.82, 2.24) is 10.2 Å². The second-order valence-corrected chi connectivity index (χ2v) is 16.2. The molecule has 5 saturated carbocycles. The summed E-state index contributed by atoms with van der Waals surface area (Å²) in [5, 5.41) is 3.20. The number of amides is 2. The van der Waals surface area contributed by atoms with Gasteiger partial charge < -0.3 is 10.2 Å². The van der Waals surface area contributed by atoms with Crippen molar-refractivity contribution in [3.8, 4) is 0 Å². The Hall–Kier alpha value is -2.87. The molecule has 238 valence electrons. The zero-order valence-electron chi connectivity index (χ0n) is 26.4. The van der Waals surface area contributed by atoms with Gasteiger partial charge in [-0.1, -0.05) is 68.7 Å². The minimum atomic E-state index is -3.77. The lowest BCUT2D eigenvalue weighted by Gasteiger charge is -2.57. The lowest BCUT2D eigenvalue weighted by molar-refractivity contribution is -0.140. The van der Waals surface area contributed by atoms with Gasteiger partial charge in [0.2, 0.25) is 21.8 Å². The van der Waals surface area contributed by atoms with Crippen LogP contribution in [0, 0.1) is 17.8 Å². The molecule has 5 aliphatic carbocycles. The zero-order valence-corrected chi connectivity index (χ0v) is 27.2. The largest absolute Gasteiger partial charge is 0.352 e. The van der Waals surface area contributed by atoms with E-state index in [0.717, 1.165) is 55.3 Å². The van der Waals surface area contributed by atoms with Crippen LogP contribution in [0.2, 0.25) is 0 Å². The summed E-state index contributed by atoms with van der Waals surface area (Å²) in [5.41, 5.74) is 2.92.